The number of esters is 3. The van der Waals surface area contributed by atoms with Crippen molar-refractivity contribution in [1.82, 2.24) is 19.9 Å². The molecule has 3 aromatic heterocycles. The van der Waals surface area contributed by atoms with Crippen LogP contribution in [0.1, 0.15) is 84.6 Å². The van der Waals surface area contributed by atoms with E-state index in [1.807, 2.05) is 58.0 Å². The third kappa shape index (κ3) is 6.36. The van der Waals surface area contributed by atoms with E-state index >= 15 is 0 Å². The number of hydrogen-bond acceptors (Lipinski definition) is 9. The van der Waals surface area contributed by atoms with Gasteiger partial charge in [0.15, 0.2) is 0 Å². The molecule has 276 valence electrons. The van der Waals surface area contributed by atoms with Crippen molar-refractivity contribution in [2.24, 2.45) is 11.8 Å². The number of aliphatic carboxylic acids is 1. The average Bonchev–Trinajstić information content (AvgIpc) is 3.79. The molecule has 53 heavy (non-hydrogen) atoms. The van der Waals surface area contributed by atoms with Crippen LogP contribution in [0.4, 0.5) is 0 Å². The normalized spacial score (nSPS) is 19.3. The molecule has 6 rings (SSSR count). The second kappa shape index (κ2) is 14.3. The van der Waals surface area contributed by atoms with E-state index in [0.717, 1.165) is 61.0 Å². The van der Waals surface area contributed by atoms with Gasteiger partial charge >= 0.3 is 23.9 Å². The first-order valence-corrected chi connectivity index (χ1v) is 17.5. The zero-order valence-corrected chi connectivity index (χ0v) is 31.1. The number of carbonyl (C=O) groups excluding carboxylic acids is 3. The number of carbonyl (C=O) groups is 4. The molecule has 8 bridgehead atoms. The summed E-state index contributed by atoms with van der Waals surface area (Å²) in [4.78, 5) is 68.2. The summed E-state index contributed by atoms with van der Waals surface area (Å²) in [5.41, 5.74) is 10.2. The summed E-state index contributed by atoms with van der Waals surface area (Å²) in [7, 11) is 3.97. The summed E-state index contributed by atoms with van der Waals surface area (Å²) < 4.78 is 15.2. The van der Waals surface area contributed by atoms with Gasteiger partial charge in [-0.15, -0.1) is 0 Å². The number of aromatic nitrogens is 4. The highest BCUT2D eigenvalue weighted by molar-refractivity contribution is 5.95. The highest BCUT2D eigenvalue weighted by Gasteiger charge is 2.56. The molecular weight excluding hydrogens is 676 g/mol. The van der Waals surface area contributed by atoms with Crippen LogP contribution in [0.3, 0.4) is 0 Å². The Hall–Kier alpha value is -5.78. The van der Waals surface area contributed by atoms with E-state index in [9.17, 15) is 24.3 Å². The number of fused-ring (bicyclic) bond motifs is 11. The number of rotatable bonds is 9. The quantitative estimate of drug-likeness (QED) is 0.158. The Bertz CT molecular complexity index is 2310. The average molecular weight is 721 g/mol. The molecule has 0 fully saturated rings. The van der Waals surface area contributed by atoms with Crippen molar-refractivity contribution in [1.29, 1.82) is 0 Å². The SMILES string of the molecule is C=Cc1c(C)c2cc3nc(cc4nc(cc5[nH]c(cc1[nH]2)c(C)c5CCC(=O)OC)C(CCC(=O)OC)=C4C)[C@@]1(C)C3=CC[C@@H](C(=O)O)[C@H]1C(=O)OC. The van der Waals surface area contributed by atoms with Crippen LogP contribution in [0.15, 0.2) is 36.9 Å². The number of methoxy groups -OCH3 is 3. The Balaban J connectivity index is 1.76. The summed E-state index contributed by atoms with van der Waals surface area (Å²) in [6, 6.07) is 7.67. The van der Waals surface area contributed by atoms with Gasteiger partial charge in [0.05, 0.1) is 61.4 Å². The Kier molecular flexibility index (Phi) is 10.0. The van der Waals surface area contributed by atoms with Crippen LogP contribution in [-0.2, 0) is 45.2 Å². The molecule has 0 saturated carbocycles. The van der Waals surface area contributed by atoms with Crippen LogP contribution < -0.4 is 0 Å². The van der Waals surface area contributed by atoms with Crippen molar-refractivity contribution in [3.8, 4) is 0 Å². The van der Waals surface area contributed by atoms with Gasteiger partial charge in [0.25, 0.3) is 0 Å². The number of carboxylic acids is 1. The second-order valence-corrected chi connectivity index (χ2v) is 13.9. The molecule has 0 radical (unpaired) electrons. The van der Waals surface area contributed by atoms with Crippen LogP contribution in [0.5, 0.6) is 0 Å². The van der Waals surface area contributed by atoms with Crippen molar-refractivity contribution in [2.45, 2.75) is 65.2 Å². The number of H-pyrrole nitrogens is 2. The second-order valence-electron chi connectivity index (χ2n) is 13.9. The third-order valence-corrected chi connectivity index (χ3v) is 11.1. The first-order chi connectivity index (χ1) is 25.3. The molecule has 12 nitrogen and oxygen atoms in total. The fourth-order valence-electron chi connectivity index (χ4n) is 8.05. The minimum absolute atomic E-state index is 0.114. The van der Waals surface area contributed by atoms with Gasteiger partial charge in [0.1, 0.15) is 0 Å². The van der Waals surface area contributed by atoms with Crippen LogP contribution >= 0.6 is 0 Å². The molecule has 0 aromatic carbocycles. The molecule has 3 aliphatic rings. The summed E-state index contributed by atoms with van der Waals surface area (Å²) in [5.74, 6) is -4.58. The maximum absolute atomic E-state index is 13.6. The highest BCUT2D eigenvalue weighted by Crippen LogP contribution is 2.54. The Labute approximate surface area is 307 Å². The van der Waals surface area contributed by atoms with E-state index in [1.54, 1.807) is 6.08 Å². The lowest BCUT2D eigenvalue weighted by Crippen LogP contribution is -2.46. The lowest BCUT2D eigenvalue weighted by molar-refractivity contribution is -0.158. The summed E-state index contributed by atoms with van der Waals surface area (Å²) in [6.07, 6.45) is 4.80. The molecule has 3 aromatic rings. The van der Waals surface area contributed by atoms with E-state index in [1.165, 1.54) is 21.3 Å². The highest BCUT2D eigenvalue weighted by atomic mass is 16.5. The predicted molar refractivity (Wildman–Crippen MR) is 201 cm³/mol. The molecule has 0 unspecified atom stereocenters. The van der Waals surface area contributed by atoms with E-state index in [4.69, 9.17) is 24.2 Å². The minimum Gasteiger partial charge on any atom is -0.481 e. The molecule has 0 amide bonds. The van der Waals surface area contributed by atoms with Gasteiger partial charge in [-0.2, -0.15) is 0 Å². The number of hydrogen-bond donors (Lipinski definition) is 3. The number of carboxylic acid groups (broad SMARTS) is 1. The molecule has 5 heterocycles. The van der Waals surface area contributed by atoms with Gasteiger partial charge in [-0.3, -0.25) is 24.2 Å². The minimum atomic E-state index is -1.18. The van der Waals surface area contributed by atoms with Gasteiger partial charge < -0.3 is 29.3 Å². The largest absolute Gasteiger partial charge is 0.481 e. The number of nitrogens with one attached hydrogen (secondary N) is 2. The Morgan fingerprint density at radius 1 is 0.849 bits per heavy atom. The molecule has 0 spiro atoms. The molecule has 3 N–H and O–H groups in total. The fourth-order valence-corrected chi connectivity index (χ4v) is 8.05. The van der Waals surface area contributed by atoms with Crippen molar-refractivity contribution in [3.63, 3.8) is 0 Å². The summed E-state index contributed by atoms with van der Waals surface area (Å²) in [6.45, 7) is 11.8. The van der Waals surface area contributed by atoms with Crippen molar-refractivity contribution < 1.29 is 38.5 Å². The summed E-state index contributed by atoms with van der Waals surface area (Å²) in [5, 5.41) is 10.3. The van der Waals surface area contributed by atoms with Crippen LogP contribution in [0, 0.1) is 25.7 Å². The van der Waals surface area contributed by atoms with Gasteiger partial charge in [-0.05, 0) is 105 Å². The molecule has 3 atom stereocenters. The fraction of sp³-hybridized carbons (Fsp3) is 0.366. The molecule has 2 aliphatic heterocycles. The molecule has 1 aliphatic carbocycles. The first-order valence-electron chi connectivity index (χ1n) is 17.5. The molecule has 0 saturated heterocycles. The van der Waals surface area contributed by atoms with Crippen LogP contribution in [0.25, 0.3) is 44.9 Å². The first kappa shape index (κ1) is 37.0. The summed E-state index contributed by atoms with van der Waals surface area (Å²) >= 11 is 0. The van der Waals surface area contributed by atoms with E-state index in [0.29, 0.717) is 35.6 Å². The standard InChI is InChI=1S/C41H44N4O8/c1-9-23-20(2)29-17-34-27-13-10-26(39(48)49)38(40(50)53-8)41(27,5)35(45-34)19-30-22(4)25(12-15-37(47)52-7)33(44-30)18-32-24(11-14-36(46)51-6)21(3)28(43-32)16-31(23)42-29/h9,13,16-19,26,38,42-43H,1,10-12,14-15H2,2-8H3,(H,48,49)/t26-,38+,41-/m1/s1. The maximum Gasteiger partial charge on any atom is 0.310 e. The monoisotopic (exact) mass is 720 g/mol. The Morgan fingerprint density at radius 2 is 1.49 bits per heavy atom. The van der Waals surface area contributed by atoms with E-state index < -0.39 is 29.2 Å². The van der Waals surface area contributed by atoms with E-state index in [-0.39, 0.29) is 31.2 Å². The van der Waals surface area contributed by atoms with Crippen molar-refractivity contribution >= 4 is 68.7 Å². The van der Waals surface area contributed by atoms with E-state index in [2.05, 4.69) is 16.5 Å². The number of aromatic amines is 2. The lowest BCUT2D eigenvalue weighted by atomic mass is 9.60. The number of allylic oxidation sites excluding steroid dienone is 4. The van der Waals surface area contributed by atoms with Crippen molar-refractivity contribution in [2.75, 3.05) is 21.3 Å². The topological polar surface area (TPSA) is 174 Å². The van der Waals surface area contributed by atoms with Crippen LogP contribution in [0.2, 0.25) is 0 Å². The maximum atomic E-state index is 13.6. The van der Waals surface area contributed by atoms with Gasteiger partial charge in [-0.1, -0.05) is 18.7 Å². The Morgan fingerprint density at radius 3 is 2.13 bits per heavy atom. The number of ether oxygens (including phenoxy) is 3. The molecule has 12 heteroatoms. The number of aryl methyl sites for hydroxylation is 3. The zero-order chi connectivity index (χ0) is 38.4. The smallest absolute Gasteiger partial charge is 0.310 e. The predicted octanol–water partition coefficient (Wildman–Crippen LogP) is 6.80. The van der Waals surface area contributed by atoms with Crippen molar-refractivity contribution in [3.05, 3.63) is 81.9 Å². The van der Waals surface area contributed by atoms with Gasteiger partial charge in [0.2, 0.25) is 0 Å². The number of nitrogens with zero attached hydrogens (tertiary/aromatic N) is 2. The zero-order valence-electron chi connectivity index (χ0n) is 31.1. The van der Waals surface area contributed by atoms with Gasteiger partial charge in [0, 0.05) is 40.5 Å². The van der Waals surface area contributed by atoms with Gasteiger partial charge in [-0.25, -0.2) is 4.98 Å². The van der Waals surface area contributed by atoms with Crippen LogP contribution in [-0.4, -0.2) is 70.2 Å². The molecular formula is C41H44N4O8. The lowest BCUT2D eigenvalue weighted by Gasteiger charge is -2.39. The third-order valence-electron chi connectivity index (χ3n) is 11.1.